The van der Waals surface area contributed by atoms with Crippen molar-refractivity contribution in [3.8, 4) is 0 Å². The molecule has 0 spiro atoms. The summed E-state index contributed by atoms with van der Waals surface area (Å²) in [5, 5.41) is 2.13. The van der Waals surface area contributed by atoms with Crippen LogP contribution in [-0.4, -0.2) is 0 Å². The maximum absolute atomic E-state index is 6.39. The molecular weight excluding hydrogens is 258 g/mol. The van der Waals surface area contributed by atoms with Gasteiger partial charge in [0.25, 0.3) is 0 Å². The van der Waals surface area contributed by atoms with E-state index in [0.29, 0.717) is 0 Å². The molecule has 0 aliphatic heterocycles. The monoisotopic (exact) mass is 273 g/mol. The van der Waals surface area contributed by atoms with E-state index in [9.17, 15) is 0 Å². The van der Waals surface area contributed by atoms with Crippen LogP contribution >= 0.6 is 22.7 Å². The topological polar surface area (TPSA) is 26.0 Å². The maximum Gasteiger partial charge on any atom is 0.0646 e. The average molecular weight is 273 g/mol. The molecule has 1 nitrogen and oxygen atoms in total. The Morgan fingerprint density at radius 1 is 1.00 bits per heavy atom. The van der Waals surface area contributed by atoms with Crippen molar-refractivity contribution < 1.29 is 0 Å². The molecule has 18 heavy (non-hydrogen) atoms. The second-order valence-corrected chi connectivity index (χ2v) is 6.76. The van der Waals surface area contributed by atoms with E-state index in [2.05, 4.69) is 49.6 Å². The number of benzene rings is 1. The first kappa shape index (κ1) is 11.9. The SMILES string of the molecule is Cc1cc(C)cc(C(N)c2cc3sccc3s2)c1. The smallest absolute Gasteiger partial charge is 0.0646 e. The van der Waals surface area contributed by atoms with Crippen molar-refractivity contribution in [2.75, 3.05) is 0 Å². The van der Waals surface area contributed by atoms with Crippen molar-refractivity contribution in [1.82, 2.24) is 0 Å². The fourth-order valence-electron chi connectivity index (χ4n) is 2.29. The normalized spacial score (nSPS) is 13.1. The molecule has 1 atom stereocenters. The number of thiophene rings is 2. The first-order valence-electron chi connectivity index (χ1n) is 5.94. The van der Waals surface area contributed by atoms with E-state index in [-0.39, 0.29) is 6.04 Å². The summed E-state index contributed by atoms with van der Waals surface area (Å²) in [6, 6.07) is 10.9. The lowest BCUT2D eigenvalue weighted by atomic mass is 10.0. The fraction of sp³-hybridized carbons (Fsp3) is 0.200. The number of aryl methyl sites for hydroxylation is 2. The highest BCUT2D eigenvalue weighted by molar-refractivity contribution is 7.27. The zero-order valence-electron chi connectivity index (χ0n) is 10.4. The van der Waals surface area contributed by atoms with E-state index in [1.165, 1.54) is 31.0 Å². The Balaban J connectivity index is 2.03. The summed E-state index contributed by atoms with van der Waals surface area (Å²) >= 11 is 3.59. The van der Waals surface area contributed by atoms with Gasteiger partial charge < -0.3 is 5.73 Å². The molecule has 2 N–H and O–H groups in total. The molecule has 3 aromatic rings. The third-order valence-corrected chi connectivity index (χ3v) is 5.24. The van der Waals surface area contributed by atoms with E-state index >= 15 is 0 Å². The van der Waals surface area contributed by atoms with E-state index in [1.54, 1.807) is 22.7 Å². The third kappa shape index (κ3) is 2.09. The number of hydrogen-bond donors (Lipinski definition) is 1. The molecule has 0 aliphatic carbocycles. The Kier molecular flexibility index (Phi) is 2.98. The minimum atomic E-state index is -0.00630. The van der Waals surface area contributed by atoms with E-state index < -0.39 is 0 Å². The van der Waals surface area contributed by atoms with Crippen LogP contribution in [0.4, 0.5) is 0 Å². The van der Waals surface area contributed by atoms with Crippen molar-refractivity contribution in [2.45, 2.75) is 19.9 Å². The van der Waals surface area contributed by atoms with Crippen molar-refractivity contribution in [3.05, 3.63) is 57.3 Å². The van der Waals surface area contributed by atoms with E-state index in [0.717, 1.165) is 0 Å². The van der Waals surface area contributed by atoms with Gasteiger partial charge in [0.15, 0.2) is 0 Å². The molecule has 0 amide bonds. The predicted octanol–water partition coefficient (Wildman–Crippen LogP) is 4.63. The lowest BCUT2D eigenvalue weighted by Crippen LogP contribution is -2.10. The summed E-state index contributed by atoms with van der Waals surface area (Å²) in [7, 11) is 0. The van der Waals surface area contributed by atoms with Crippen LogP contribution in [0.15, 0.2) is 35.7 Å². The Bertz CT molecular complexity index is 645. The van der Waals surface area contributed by atoms with Gasteiger partial charge in [0, 0.05) is 14.3 Å². The van der Waals surface area contributed by atoms with E-state index in [4.69, 9.17) is 5.73 Å². The first-order valence-corrected chi connectivity index (χ1v) is 7.64. The van der Waals surface area contributed by atoms with Gasteiger partial charge >= 0.3 is 0 Å². The predicted molar refractivity (Wildman–Crippen MR) is 81.6 cm³/mol. The minimum Gasteiger partial charge on any atom is -0.320 e. The molecule has 0 radical (unpaired) electrons. The zero-order chi connectivity index (χ0) is 12.7. The van der Waals surface area contributed by atoms with Gasteiger partial charge in [-0.05, 0) is 36.9 Å². The Morgan fingerprint density at radius 3 is 2.39 bits per heavy atom. The summed E-state index contributed by atoms with van der Waals surface area (Å²) in [6.45, 7) is 4.24. The van der Waals surface area contributed by atoms with Gasteiger partial charge in [-0.2, -0.15) is 0 Å². The van der Waals surface area contributed by atoms with Crippen molar-refractivity contribution in [3.63, 3.8) is 0 Å². The molecule has 1 aromatic carbocycles. The summed E-state index contributed by atoms with van der Waals surface area (Å²) in [5.74, 6) is 0. The van der Waals surface area contributed by atoms with Crippen molar-refractivity contribution >= 4 is 32.1 Å². The van der Waals surface area contributed by atoms with Crippen LogP contribution in [0.3, 0.4) is 0 Å². The molecule has 0 fully saturated rings. The largest absolute Gasteiger partial charge is 0.320 e. The molecule has 2 heterocycles. The standard InChI is InChI=1S/C15H15NS2/c1-9-5-10(2)7-11(6-9)15(16)14-8-13-12(18-14)3-4-17-13/h3-8,15H,16H2,1-2H3. The van der Waals surface area contributed by atoms with Crippen LogP contribution in [-0.2, 0) is 0 Å². The molecule has 0 saturated carbocycles. The molecular formula is C15H15NS2. The van der Waals surface area contributed by atoms with Crippen LogP contribution < -0.4 is 5.73 Å². The molecule has 0 bridgehead atoms. The second kappa shape index (κ2) is 4.50. The highest BCUT2D eigenvalue weighted by Gasteiger charge is 2.13. The Hall–Kier alpha value is -1.16. The number of nitrogens with two attached hydrogens (primary N) is 1. The van der Waals surface area contributed by atoms with Gasteiger partial charge in [-0.15, -0.1) is 22.7 Å². The molecule has 0 aliphatic rings. The summed E-state index contributed by atoms with van der Waals surface area (Å²) in [5.41, 5.74) is 10.2. The Morgan fingerprint density at radius 2 is 1.72 bits per heavy atom. The number of hydrogen-bond acceptors (Lipinski definition) is 3. The number of fused-ring (bicyclic) bond motifs is 1. The van der Waals surface area contributed by atoms with Crippen molar-refractivity contribution in [1.29, 1.82) is 0 Å². The minimum absolute atomic E-state index is 0.00630. The molecule has 3 heteroatoms. The molecule has 2 aromatic heterocycles. The van der Waals surface area contributed by atoms with Crippen LogP contribution in [0, 0.1) is 13.8 Å². The average Bonchev–Trinajstić information content (AvgIpc) is 2.86. The van der Waals surface area contributed by atoms with Gasteiger partial charge in [-0.1, -0.05) is 29.3 Å². The lowest BCUT2D eigenvalue weighted by Gasteiger charge is -2.12. The van der Waals surface area contributed by atoms with Gasteiger partial charge in [-0.25, -0.2) is 0 Å². The quantitative estimate of drug-likeness (QED) is 0.724. The van der Waals surface area contributed by atoms with Crippen LogP contribution in [0.5, 0.6) is 0 Å². The summed E-state index contributed by atoms with van der Waals surface area (Å²) < 4.78 is 2.68. The van der Waals surface area contributed by atoms with Gasteiger partial charge in [0.05, 0.1) is 6.04 Å². The van der Waals surface area contributed by atoms with Crippen molar-refractivity contribution in [2.24, 2.45) is 5.73 Å². The zero-order valence-corrected chi connectivity index (χ0v) is 12.1. The Labute approximate surface area is 115 Å². The summed E-state index contributed by atoms with van der Waals surface area (Å²) in [6.07, 6.45) is 0. The van der Waals surface area contributed by atoms with Crippen LogP contribution in [0.2, 0.25) is 0 Å². The van der Waals surface area contributed by atoms with Crippen LogP contribution in [0.1, 0.15) is 27.6 Å². The fourth-order valence-corrected chi connectivity index (χ4v) is 4.44. The summed E-state index contributed by atoms with van der Waals surface area (Å²) in [4.78, 5) is 1.25. The van der Waals surface area contributed by atoms with E-state index in [1.807, 2.05) is 0 Å². The molecule has 0 saturated heterocycles. The number of rotatable bonds is 2. The third-order valence-electron chi connectivity index (χ3n) is 3.07. The highest BCUT2D eigenvalue weighted by Crippen LogP contribution is 2.35. The molecule has 1 unspecified atom stereocenters. The molecule has 3 rings (SSSR count). The molecule has 92 valence electrons. The first-order chi connectivity index (χ1) is 8.63. The van der Waals surface area contributed by atoms with Gasteiger partial charge in [-0.3, -0.25) is 0 Å². The lowest BCUT2D eigenvalue weighted by molar-refractivity contribution is 0.890. The van der Waals surface area contributed by atoms with Crippen LogP contribution in [0.25, 0.3) is 9.40 Å². The maximum atomic E-state index is 6.39. The van der Waals surface area contributed by atoms with Gasteiger partial charge in [0.2, 0.25) is 0 Å². The second-order valence-electron chi connectivity index (χ2n) is 4.70. The van der Waals surface area contributed by atoms with Gasteiger partial charge in [0.1, 0.15) is 0 Å². The highest BCUT2D eigenvalue weighted by atomic mass is 32.1.